The number of hydrogen-bond acceptors (Lipinski definition) is 5. The number of rotatable bonds is 3. The summed E-state index contributed by atoms with van der Waals surface area (Å²) in [6.07, 6.45) is -3.22. The largest absolute Gasteiger partial charge is 0.451 e. The molecule has 0 bridgehead atoms. The molecular weight excluding hydrogens is 273 g/mol. The van der Waals surface area contributed by atoms with Crippen LogP contribution >= 0.6 is 11.6 Å². The van der Waals surface area contributed by atoms with Gasteiger partial charge in [0.05, 0.1) is 12.7 Å². The molecule has 5 nitrogen and oxygen atoms in total. The predicted molar refractivity (Wildman–Crippen MR) is 55.9 cm³/mol. The zero-order chi connectivity index (χ0) is 13.2. The molecule has 2 aromatic rings. The molecule has 1 N–H and O–H groups in total. The Balaban J connectivity index is 2.15. The molecule has 0 unspecified atom stereocenters. The minimum atomic E-state index is -4.65. The van der Waals surface area contributed by atoms with E-state index in [0.717, 1.165) is 0 Å². The number of halogens is 4. The normalized spacial score (nSPS) is 11.6. The van der Waals surface area contributed by atoms with Crippen LogP contribution in [0.1, 0.15) is 11.6 Å². The summed E-state index contributed by atoms with van der Waals surface area (Å²) < 4.78 is 42.0. The van der Waals surface area contributed by atoms with Crippen molar-refractivity contribution in [3.05, 3.63) is 35.1 Å². The fraction of sp³-hybridized carbons (Fsp3) is 0.222. The van der Waals surface area contributed by atoms with Gasteiger partial charge in [-0.3, -0.25) is 0 Å². The lowest BCUT2D eigenvalue weighted by atomic mass is 10.4. The Kier molecular flexibility index (Phi) is 3.37. The van der Waals surface area contributed by atoms with E-state index in [0.29, 0.717) is 5.76 Å². The van der Waals surface area contributed by atoms with Crippen LogP contribution in [0.3, 0.4) is 0 Å². The number of alkyl halides is 3. The minimum Gasteiger partial charge on any atom is -0.363 e. The zero-order valence-electron chi connectivity index (χ0n) is 8.70. The van der Waals surface area contributed by atoms with Gasteiger partial charge in [0.1, 0.15) is 11.0 Å². The molecule has 9 heteroatoms. The molecule has 96 valence electrons. The van der Waals surface area contributed by atoms with Crippen LogP contribution in [0, 0.1) is 0 Å². The molecule has 18 heavy (non-hydrogen) atoms. The molecule has 0 saturated heterocycles. The molecule has 0 fully saturated rings. The summed E-state index contributed by atoms with van der Waals surface area (Å²) in [4.78, 5) is 6.41. The van der Waals surface area contributed by atoms with E-state index >= 15 is 0 Å². The van der Waals surface area contributed by atoms with E-state index in [-0.39, 0.29) is 17.5 Å². The van der Waals surface area contributed by atoms with Gasteiger partial charge in [0.15, 0.2) is 5.76 Å². The Labute approximate surface area is 104 Å². The first kappa shape index (κ1) is 12.6. The van der Waals surface area contributed by atoms with Gasteiger partial charge in [-0.2, -0.15) is 13.2 Å². The summed E-state index contributed by atoms with van der Waals surface area (Å²) >= 11 is 5.49. The summed E-state index contributed by atoms with van der Waals surface area (Å²) in [6, 6.07) is 2.76. The van der Waals surface area contributed by atoms with Crippen LogP contribution in [0.2, 0.25) is 5.15 Å². The Morgan fingerprint density at radius 3 is 2.72 bits per heavy atom. The maximum atomic E-state index is 12.4. The van der Waals surface area contributed by atoms with Crippen molar-refractivity contribution in [2.75, 3.05) is 5.32 Å². The fourth-order valence-electron chi connectivity index (χ4n) is 1.15. The van der Waals surface area contributed by atoms with Gasteiger partial charge in [-0.1, -0.05) is 16.8 Å². The average Bonchev–Trinajstić information content (AvgIpc) is 2.77. The van der Waals surface area contributed by atoms with Crippen molar-refractivity contribution in [2.45, 2.75) is 12.7 Å². The first-order valence-corrected chi connectivity index (χ1v) is 5.08. The molecular formula is C9H6ClF3N4O. The predicted octanol–water partition coefficient (Wildman–Crippen LogP) is 2.75. The Hall–Kier alpha value is -1.83. The number of nitrogens with zero attached hydrogens (tertiary/aromatic N) is 3. The highest BCUT2D eigenvalue weighted by molar-refractivity contribution is 6.29. The van der Waals surface area contributed by atoms with Crippen molar-refractivity contribution in [3.63, 3.8) is 0 Å². The van der Waals surface area contributed by atoms with Crippen molar-refractivity contribution in [1.29, 1.82) is 0 Å². The van der Waals surface area contributed by atoms with Crippen molar-refractivity contribution in [2.24, 2.45) is 0 Å². The van der Waals surface area contributed by atoms with Crippen LogP contribution in [-0.4, -0.2) is 15.1 Å². The van der Waals surface area contributed by atoms with Gasteiger partial charge in [0.25, 0.3) is 0 Å². The fourth-order valence-corrected chi connectivity index (χ4v) is 1.33. The second-order valence-electron chi connectivity index (χ2n) is 3.23. The van der Waals surface area contributed by atoms with Crippen LogP contribution in [0.5, 0.6) is 0 Å². The maximum absolute atomic E-state index is 12.4. The quantitative estimate of drug-likeness (QED) is 0.875. The van der Waals surface area contributed by atoms with E-state index in [1.54, 1.807) is 6.07 Å². The highest BCUT2D eigenvalue weighted by atomic mass is 35.5. The first-order valence-electron chi connectivity index (χ1n) is 4.70. The highest BCUT2D eigenvalue weighted by Crippen LogP contribution is 2.28. The Morgan fingerprint density at radius 2 is 2.11 bits per heavy atom. The Morgan fingerprint density at radius 1 is 1.33 bits per heavy atom. The van der Waals surface area contributed by atoms with Gasteiger partial charge in [0.2, 0.25) is 5.82 Å². The lowest BCUT2D eigenvalue weighted by molar-refractivity contribution is -0.144. The third kappa shape index (κ3) is 3.10. The van der Waals surface area contributed by atoms with Gasteiger partial charge in [-0.25, -0.2) is 9.97 Å². The van der Waals surface area contributed by atoms with E-state index in [2.05, 4.69) is 20.4 Å². The molecule has 0 atom stereocenters. The highest BCUT2D eigenvalue weighted by Gasteiger charge is 2.35. The summed E-state index contributed by atoms with van der Waals surface area (Å²) in [5, 5.41) is 5.79. The van der Waals surface area contributed by atoms with E-state index in [4.69, 9.17) is 16.1 Å². The van der Waals surface area contributed by atoms with E-state index in [1.807, 2.05) is 0 Å². The standard InChI is InChI=1S/C9H6ClF3N4O/c10-6-3-7(14-4-5-1-2-15-18-5)17-8(16-6)9(11,12)13/h1-3H,4H2,(H,14,16,17). The summed E-state index contributed by atoms with van der Waals surface area (Å²) in [5.74, 6) is -0.882. The third-order valence-corrected chi connectivity index (χ3v) is 2.08. The SMILES string of the molecule is FC(F)(F)c1nc(Cl)cc(NCc2ccno2)n1. The minimum absolute atomic E-state index is 0.0428. The number of nitrogens with one attached hydrogen (secondary N) is 1. The molecule has 0 aliphatic heterocycles. The molecule has 0 saturated carbocycles. The van der Waals surface area contributed by atoms with Crippen molar-refractivity contribution in [1.82, 2.24) is 15.1 Å². The van der Waals surface area contributed by atoms with Crippen molar-refractivity contribution >= 4 is 17.4 Å². The summed E-state index contributed by atoms with van der Waals surface area (Å²) in [6.45, 7) is 0.143. The van der Waals surface area contributed by atoms with Gasteiger partial charge in [-0.15, -0.1) is 0 Å². The van der Waals surface area contributed by atoms with Crippen LogP contribution in [-0.2, 0) is 12.7 Å². The lowest BCUT2D eigenvalue weighted by Crippen LogP contribution is -2.13. The molecule has 0 aliphatic carbocycles. The topological polar surface area (TPSA) is 63.8 Å². The average molecular weight is 279 g/mol. The number of hydrogen-bond donors (Lipinski definition) is 1. The first-order chi connectivity index (χ1) is 8.45. The molecule has 2 aromatic heterocycles. The third-order valence-electron chi connectivity index (χ3n) is 1.88. The molecule has 0 spiro atoms. The van der Waals surface area contributed by atoms with Gasteiger partial charge >= 0.3 is 6.18 Å². The number of anilines is 1. The molecule has 0 aliphatic rings. The monoisotopic (exact) mass is 278 g/mol. The maximum Gasteiger partial charge on any atom is 0.451 e. The molecule has 2 rings (SSSR count). The molecule has 0 amide bonds. The summed E-state index contributed by atoms with van der Waals surface area (Å²) in [7, 11) is 0. The van der Waals surface area contributed by atoms with E-state index < -0.39 is 12.0 Å². The van der Waals surface area contributed by atoms with Crippen LogP contribution in [0.4, 0.5) is 19.0 Å². The van der Waals surface area contributed by atoms with Crippen LogP contribution in [0.25, 0.3) is 0 Å². The lowest BCUT2D eigenvalue weighted by Gasteiger charge is -2.08. The molecule has 0 radical (unpaired) electrons. The summed E-state index contributed by atoms with van der Waals surface area (Å²) in [5.41, 5.74) is 0. The smallest absolute Gasteiger partial charge is 0.363 e. The van der Waals surface area contributed by atoms with Crippen molar-refractivity contribution < 1.29 is 17.7 Å². The van der Waals surface area contributed by atoms with Crippen LogP contribution in [0.15, 0.2) is 22.9 Å². The van der Waals surface area contributed by atoms with Gasteiger partial charge in [0, 0.05) is 12.1 Å². The van der Waals surface area contributed by atoms with E-state index in [9.17, 15) is 13.2 Å². The second kappa shape index (κ2) is 4.81. The van der Waals surface area contributed by atoms with Gasteiger partial charge < -0.3 is 9.84 Å². The molecule has 0 aromatic carbocycles. The van der Waals surface area contributed by atoms with Crippen molar-refractivity contribution in [3.8, 4) is 0 Å². The number of aromatic nitrogens is 3. The van der Waals surface area contributed by atoms with E-state index in [1.165, 1.54) is 12.3 Å². The zero-order valence-corrected chi connectivity index (χ0v) is 9.46. The van der Waals surface area contributed by atoms with Gasteiger partial charge in [-0.05, 0) is 0 Å². The van der Waals surface area contributed by atoms with Crippen LogP contribution < -0.4 is 5.32 Å². The second-order valence-corrected chi connectivity index (χ2v) is 3.62. The molecule has 2 heterocycles. The Bertz CT molecular complexity index is 529.